The van der Waals surface area contributed by atoms with E-state index in [9.17, 15) is 4.39 Å². The Kier molecular flexibility index (Phi) is 2.69. The number of aromatic amines is 1. The van der Waals surface area contributed by atoms with Gasteiger partial charge in [-0.3, -0.25) is 4.57 Å². The fraction of sp³-hybridized carbons (Fsp3) is 0. The highest BCUT2D eigenvalue weighted by molar-refractivity contribution is 7.71. The summed E-state index contributed by atoms with van der Waals surface area (Å²) in [5.74, 6) is -0.325. The second kappa shape index (κ2) is 4.23. The van der Waals surface area contributed by atoms with Crippen molar-refractivity contribution in [1.29, 1.82) is 0 Å². The van der Waals surface area contributed by atoms with Crippen LogP contribution in [0.2, 0.25) is 5.02 Å². The molecule has 1 heterocycles. The Morgan fingerprint density at radius 1 is 1.17 bits per heavy atom. The third-order valence-corrected chi connectivity index (χ3v) is 3.26. The van der Waals surface area contributed by atoms with E-state index in [-0.39, 0.29) is 5.82 Å². The third-order valence-electron chi connectivity index (χ3n) is 2.74. The van der Waals surface area contributed by atoms with Crippen LogP contribution in [0.1, 0.15) is 0 Å². The van der Waals surface area contributed by atoms with Crippen molar-refractivity contribution in [3.8, 4) is 5.69 Å². The van der Waals surface area contributed by atoms with E-state index in [1.165, 1.54) is 6.07 Å². The van der Waals surface area contributed by atoms with Crippen molar-refractivity contribution in [2.45, 2.75) is 0 Å². The lowest BCUT2D eigenvalue weighted by atomic mass is 10.2. The highest BCUT2D eigenvalue weighted by Gasteiger charge is 2.10. The zero-order chi connectivity index (χ0) is 12.7. The van der Waals surface area contributed by atoms with Crippen LogP contribution < -0.4 is 0 Å². The number of halogens is 2. The molecular formula is C13H8ClFN2S. The SMILES string of the molecule is Fc1ccccc1-n1c(=S)[nH]c2ccc(Cl)cc21. The number of hydrogen-bond donors (Lipinski definition) is 1. The van der Waals surface area contributed by atoms with Gasteiger partial charge in [-0.2, -0.15) is 0 Å². The van der Waals surface area contributed by atoms with Gasteiger partial charge in [-0.25, -0.2) is 4.39 Å². The molecule has 0 aliphatic carbocycles. The van der Waals surface area contributed by atoms with Crippen molar-refractivity contribution >= 4 is 34.9 Å². The van der Waals surface area contributed by atoms with Gasteiger partial charge in [0, 0.05) is 5.02 Å². The molecule has 0 spiro atoms. The van der Waals surface area contributed by atoms with Crippen molar-refractivity contribution in [2.75, 3.05) is 0 Å². The first-order chi connectivity index (χ1) is 8.66. The molecule has 2 aromatic carbocycles. The number of nitrogens with one attached hydrogen (secondary N) is 1. The molecule has 1 N–H and O–H groups in total. The first kappa shape index (κ1) is 11.4. The molecule has 0 aliphatic heterocycles. The molecule has 0 aliphatic rings. The van der Waals surface area contributed by atoms with Crippen LogP contribution in [0.25, 0.3) is 16.7 Å². The first-order valence-electron chi connectivity index (χ1n) is 5.32. The minimum Gasteiger partial charge on any atom is -0.330 e. The molecule has 0 bridgehead atoms. The molecule has 0 unspecified atom stereocenters. The van der Waals surface area contributed by atoms with Crippen LogP contribution >= 0.6 is 23.8 Å². The van der Waals surface area contributed by atoms with Gasteiger partial charge in [0.1, 0.15) is 5.82 Å². The number of para-hydroxylation sites is 1. The average molecular weight is 279 g/mol. The number of benzene rings is 2. The average Bonchev–Trinajstić information content (AvgIpc) is 2.66. The standard InChI is InChI=1S/C13H8ClFN2S/c14-8-5-6-10-12(7-8)17(13(18)16-10)11-4-2-1-3-9(11)15/h1-7H,(H,16,18). The molecule has 5 heteroatoms. The van der Waals surface area contributed by atoms with Gasteiger partial charge in [0.25, 0.3) is 0 Å². The van der Waals surface area contributed by atoms with E-state index in [1.54, 1.807) is 34.9 Å². The number of hydrogen-bond acceptors (Lipinski definition) is 1. The van der Waals surface area contributed by atoms with Crippen LogP contribution in [-0.4, -0.2) is 9.55 Å². The Labute approximate surface area is 113 Å². The number of rotatable bonds is 1. The predicted octanol–water partition coefficient (Wildman–Crippen LogP) is 4.48. The second-order valence-corrected chi connectivity index (χ2v) is 4.70. The monoisotopic (exact) mass is 278 g/mol. The topological polar surface area (TPSA) is 20.7 Å². The highest BCUT2D eigenvalue weighted by atomic mass is 35.5. The van der Waals surface area contributed by atoms with E-state index in [2.05, 4.69) is 4.98 Å². The molecule has 0 saturated carbocycles. The molecule has 1 aromatic heterocycles. The summed E-state index contributed by atoms with van der Waals surface area (Å²) in [5, 5.41) is 0.585. The Morgan fingerprint density at radius 3 is 2.72 bits per heavy atom. The highest BCUT2D eigenvalue weighted by Crippen LogP contribution is 2.24. The fourth-order valence-electron chi connectivity index (χ4n) is 1.95. The molecule has 0 amide bonds. The van der Waals surface area contributed by atoms with E-state index in [0.717, 1.165) is 11.0 Å². The van der Waals surface area contributed by atoms with Crippen LogP contribution in [0.15, 0.2) is 42.5 Å². The predicted molar refractivity (Wildman–Crippen MR) is 73.4 cm³/mol. The summed E-state index contributed by atoms with van der Waals surface area (Å²) in [5.41, 5.74) is 2.00. The lowest BCUT2D eigenvalue weighted by molar-refractivity contribution is 0.619. The van der Waals surface area contributed by atoms with Gasteiger partial charge in [-0.05, 0) is 42.5 Å². The number of fused-ring (bicyclic) bond motifs is 1. The van der Waals surface area contributed by atoms with Gasteiger partial charge < -0.3 is 4.98 Å². The van der Waals surface area contributed by atoms with Crippen molar-refractivity contribution < 1.29 is 4.39 Å². The molecule has 0 radical (unpaired) electrons. The van der Waals surface area contributed by atoms with Gasteiger partial charge in [-0.15, -0.1) is 0 Å². The summed E-state index contributed by atoms with van der Waals surface area (Å²) in [7, 11) is 0. The van der Waals surface area contributed by atoms with Crippen LogP contribution in [0, 0.1) is 10.6 Å². The zero-order valence-electron chi connectivity index (χ0n) is 9.15. The first-order valence-corrected chi connectivity index (χ1v) is 6.10. The van der Waals surface area contributed by atoms with Crippen LogP contribution in [0.4, 0.5) is 4.39 Å². The van der Waals surface area contributed by atoms with E-state index in [4.69, 9.17) is 23.8 Å². The van der Waals surface area contributed by atoms with Crippen LogP contribution in [0.5, 0.6) is 0 Å². The summed E-state index contributed by atoms with van der Waals surface area (Å²) in [6.45, 7) is 0. The summed E-state index contributed by atoms with van der Waals surface area (Å²) in [6, 6.07) is 11.8. The largest absolute Gasteiger partial charge is 0.330 e. The summed E-state index contributed by atoms with van der Waals surface area (Å²) in [4.78, 5) is 3.03. The Balaban J connectivity index is 2.42. The van der Waals surface area contributed by atoms with Gasteiger partial charge in [0.15, 0.2) is 4.77 Å². The van der Waals surface area contributed by atoms with Gasteiger partial charge in [0.05, 0.1) is 16.7 Å². The molecule has 90 valence electrons. The zero-order valence-corrected chi connectivity index (χ0v) is 10.7. The minimum absolute atomic E-state index is 0.325. The van der Waals surface area contributed by atoms with E-state index in [1.807, 2.05) is 6.07 Å². The van der Waals surface area contributed by atoms with Crippen molar-refractivity contribution in [1.82, 2.24) is 9.55 Å². The van der Waals surface area contributed by atoms with Crippen LogP contribution in [0.3, 0.4) is 0 Å². The smallest absolute Gasteiger partial charge is 0.182 e. The van der Waals surface area contributed by atoms with E-state index >= 15 is 0 Å². The molecule has 0 atom stereocenters. The van der Waals surface area contributed by atoms with E-state index in [0.29, 0.717) is 15.5 Å². The summed E-state index contributed by atoms with van der Waals surface area (Å²) < 4.78 is 15.9. The van der Waals surface area contributed by atoms with Crippen molar-refractivity contribution in [2.24, 2.45) is 0 Å². The van der Waals surface area contributed by atoms with Gasteiger partial charge in [0.2, 0.25) is 0 Å². The Bertz CT molecular complexity index is 791. The molecule has 3 rings (SSSR count). The van der Waals surface area contributed by atoms with Gasteiger partial charge in [-0.1, -0.05) is 23.7 Å². The Morgan fingerprint density at radius 2 is 1.94 bits per heavy atom. The molecule has 3 aromatic rings. The molecule has 0 fully saturated rings. The molecule has 18 heavy (non-hydrogen) atoms. The third kappa shape index (κ3) is 1.74. The van der Waals surface area contributed by atoms with E-state index < -0.39 is 0 Å². The summed E-state index contributed by atoms with van der Waals surface area (Å²) >= 11 is 11.2. The van der Waals surface area contributed by atoms with Gasteiger partial charge >= 0.3 is 0 Å². The second-order valence-electron chi connectivity index (χ2n) is 3.88. The maximum absolute atomic E-state index is 13.8. The number of aromatic nitrogens is 2. The number of H-pyrrole nitrogens is 1. The van der Waals surface area contributed by atoms with Crippen molar-refractivity contribution in [3.05, 3.63) is 58.1 Å². The lowest BCUT2D eigenvalue weighted by Gasteiger charge is -2.05. The normalized spacial score (nSPS) is 11.0. The molecule has 0 saturated heterocycles. The molecular weight excluding hydrogens is 271 g/mol. The number of nitrogens with zero attached hydrogens (tertiary/aromatic N) is 1. The maximum atomic E-state index is 13.8. The van der Waals surface area contributed by atoms with Crippen molar-refractivity contribution in [3.63, 3.8) is 0 Å². The molecule has 2 nitrogen and oxygen atoms in total. The lowest BCUT2D eigenvalue weighted by Crippen LogP contribution is -1.97. The summed E-state index contributed by atoms with van der Waals surface area (Å²) in [6.07, 6.45) is 0. The Hall–Kier alpha value is -1.65. The minimum atomic E-state index is -0.325. The quantitative estimate of drug-likeness (QED) is 0.651. The maximum Gasteiger partial charge on any atom is 0.182 e. The van der Waals surface area contributed by atoms with Crippen LogP contribution in [-0.2, 0) is 0 Å². The fourth-order valence-corrected chi connectivity index (χ4v) is 2.42. The number of imidazole rings is 1.